The number of aromatic nitrogens is 1. The molecule has 6 heteroatoms. The lowest BCUT2D eigenvalue weighted by Crippen LogP contribution is -2.33. The lowest BCUT2D eigenvalue weighted by Gasteiger charge is -2.21. The fourth-order valence-electron chi connectivity index (χ4n) is 2.51. The Morgan fingerprint density at radius 3 is 2.75 bits per heavy atom. The number of hydrogen-bond acceptors (Lipinski definition) is 4. The molecule has 1 atom stereocenters. The minimum Gasteiger partial charge on any atom is -0.477 e. The fourth-order valence-corrected chi connectivity index (χ4v) is 2.51. The average molecular weight is 277 g/mol. The van der Waals surface area contributed by atoms with Crippen LogP contribution in [0.3, 0.4) is 0 Å². The van der Waals surface area contributed by atoms with Gasteiger partial charge in [0.15, 0.2) is 0 Å². The molecule has 1 fully saturated rings. The number of carboxylic acid groups (broad SMARTS) is 1. The molecular formula is C14H19N3O3. The Kier molecular flexibility index (Phi) is 4.34. The van der Waals surface area contributed by atoms with E-state index in [9.17, 15) is 9.59 Å². The molecule has 0 radical (unpaired) electrons. The first-order chi connectivity index (χ1) is 9.47. The highest BCUT2D eigenvalue weighted by molar-refractivity contribution is 5.94. The maximum absolute atomic E-state index is 12.2. The molecule has 20 heavy (non-hydrogen) atoms. The molecule has 1 unspecified atom stereocenters. The van der Waals surface area contributed by atoms with Crippen LogP contribution in [0.4, 0.5) is 0 Å². The minimum atomic E-state index is -1.13. The SMILES string of the molecule is CN1CCC(CN(C)C(=O)c2cccc(C(=O)O)n2)C1. The van der Waals surface area contributed by atoms with E-state index in [1.807, 2.05) is 0 Å². The van der Waals surface area contributed by atoms with Crippen LogP contribution < -0.4 is 0 Å². The Bertz CT molecular complexity index is 518. The molecule has 1 N–H and O–H groups in total. The molecule has 6 nitrogen and oxygen atoms in total. The number of amides is 1. The normalized spacial score (nSPS) is 19.0. The molecule has 1 aromatic rings. The molecule has 0 aromatic carbocycles. The summed E-state index contributed by atoms with van der Waals surface area (Å²) in [4.78, 5) is 30.9. The first kappa shape index (κ1) is 14.5. The summed E-state index contributed by atoms with van der Waals surface area (Å²) in [7, 11) is 3.80. The maximum Gasteiger partial charge on any atom is 0.354 e. The topological polar surface area (TPSA) is 73.7 Å². The number of rotatable bonds is 4. The van der Waals surface area contributed by atoms with Gasteiger partial charge in [0.1, 0.15) is 11.4 Å². The number of carbonyl (C=O) groups excluding carboxylic acids is 1. The second kappa shape index (κ2) is 6.00. The summed E-state index contributed by atoms with van der Waals surface area (Å²) in [6.45, 7) is 2.71. The molecule has 108 valence electrons. The van der Waals surface area contributed by atoms with E-state index in [4.69, 9.17) is 5.11 Å². The number of carbonyl (C=O) groups is 2. The van der Waals surface area contributed by atoms with Crippen LogP contribution in [0.5, 0.6) is 0 Å². The van der Waals surface area contributed by atoms with Gasteiger partial charge in [0.25, 0.3) is 5.91 Å². The molecule has 2 rings (SSSR count). The van der Waals surface area contributed by atoms with Crippen LogP contribution >= 0.6 is 0 Å². The molecule has 1 aliphatic rings. The van der Waals surface area contributed by atoms with Crippen molar-refractivity contribution in [1.82, 2.24) is 14.8 Å². The first-order valence-electron chi connectivity index (χ1n) is 6.61. The molecule has 1 aliphatic heterocycles. The van der Waals surface area contributed by atoms with Crippen molar-refractivity contribution >= 4 is 11.9 Å². The molecular weight excluding hydrogens is 258 g/mol. The zero-order chi connectivity index (χ0) is 14.7. The van der Waals surface area contributed by atoms with Crippen LogP contribution in [0.25, 0.3) is 0 Å². The van der Waals surface area contributed by atoms with Gasteiger partial charge in [-0.1, -0.05) is 6.07 Å². The lowest BCUT2D eigenvalue weighted by atomic mass is 10.1. The molecule has 2 heterocycles. The summed E-state index contributed by atoms with van der Waals surface area (Å²) < 4.78 is 0. The average Bonchev–Trinajstić information content (AvgIpc) is 2.83. The number of carboxylic acids is 1. The van der Waals surface area contributed by atoms with E-state index < -0.39 is 5.97 Å². The molecule has 0 spiro atoms. The zero-order valence-corrected chi connectivity index (χ0v) is 11.7. The van der Waals surface area contributed by atoms with Crippen molar-refractivity contribution in [3.63, 3.8) is 0 Å². The van der Waals surface area contributed by atoms with Gasteiger partial charge in [0.05, 0.1) is 0 Å². The second-order valence-electron chi connectivity index (χ2n) is 5.32. The van der Waals surface area contributed by atoms with Crippen molar-refractivity contribution in [3.05, 3.63) is 29.6 Å². The van der Waals surface area contributed by atoms with Crippen LogP contribution in [0.15, 0.2) is 18.2 Å². The summed E-state index contributed by atoms with van der Waals surface area (Å²) in [5, 5.41) is 8.90. The van der Waals surface area contributed by atoms with Crippen molar-refractivity contribution in [3.8, 4) is 0 Å². The van der Waals surface area contributed by atoms with E-state index in [0.29, 0.717) is 12.5 Å². The van der Waals surface area contributed by atoms with E-state index >= 15 is 0 Å². The number of hydrogen-bond donors (Lipinski definition) is 1. The summed E-state index contributed by atoms with van der Waals surface area (Å²) in [6, 6.07) is 4.47. The highest BCUT2D eigenvalue weighted by atomic mass is 16.4. The Hall–Kier alpha value is -1.95. The van der Waals surface area contributed by atoms with E-state index in [-0.39, 0.29) is 17.3 Å². The Morgan fingerprint density at radius 2 is 2.15 bits per heavy atom. The monoisotopic (exact) mass is 277 g/mol. The molecule has 1 amide bonds. The summed E-state index contributed by atoms with van der Waals surface area (Å²) in [6.07, 6.45) is 1.08. The maximum atomic E-state index is 12.2. The van der Waals surface area contributed by atoms with Crippen LogP contribution in [-0.2, 0) is 0 Å². The summed E-state index contributed by atoms with van der Waals surface area (Å²) >= 11 is 0. The van der Waals surface area contributed by atoms with Crippen LogP contribution in [-0.4, -0.2) is 65.5 Å². The molecule has 0 aliphatic carbocycles. The van der Waals surface area contributed by atoms with Crippen molar-refractivity contribution in [2.24, 2.45) is 5.92 Å². The van der Waals surface area contributed by atoms with Gasteiger partial charge in [-0.25, -0.2) is 9.78 Å². The Morgan fingerprint density at radius 1 is 1.45 bits per heavy atom. The van der Waals surface area contributed by atoms with Crippen LogP contribution in [0.2, 0.25) is 0 Å². The summed E-state index contributed by atoms with van der Waals surface area (Å²) in [5.41, 5.74) is 0.0728. The Labute approximate surface area is 118 Å². The second-order valence-corrected chi connectivity index (χ2v) is 5.32. The van der Waals surface area contributed by atoms with Gasteiger partial charge in [0.2, 0.25) is 0 Å². The third kappa shape index (κ3) is 3.33. The molecule has 0 saturated carbocycles. The highest BCUT2D eigenvalue weighted by Crippen LogP contribution is 2.16. The number of pyridine rings is 1. The van der Waals surface area contributed by atoms with Crippen molar-refractivity contribution in [2.75, 3.05) is 33.7 Å². The third-order valence-electron chi connectivity index (χ3n) is 3.56. The van der Waals surface area contributed by atoms with E-state index in [1.54, 1.807) is 24.1 Å². The lowest BCUT2D eigenvalue weighted by molar-refractivity contribution is 0.0690. The van der Waals surface area contributed by atoms with Crippen molar-refractivity contribution < 1.29 is 14.7 Å². The molecule has 0 bridgehead atoms. The van der Waals surface area contributed by atoms with Gasteiger partial charge in [-0.15, -0.1) is 0 Å². The fraction of sp³-hybridized carbons (Fsp3) is 0.500. The van der Waals surface area contributed by atoms with Gasteiger partial charge in [0, 0.05) is 20.1 Å². The number of nitrogens with zero attached hydrogens (tertiary/aromatic N) is 3. The predicted molar refractivity (Wildman–Crippen MR) is 73.8 cm³/mol. The zero-order valence-electron chi connectivity index (χ0n) is 11.7. The van der Waals surface area contributed by atoms with E-state index in [2.05, 4.69) is 16.9 Å². The molecule has 1 aromatic heterocycles. The Balaban J connectivity index is 2.03. The van der Waals surface area contributed by atoms with Crippen LogP contribution in [0.1, 0.15) is 27.4 Å². The van der Waals surface area contributed by atoms with E-state index in [1.165, 1.54) is 6.07 Å². The van der Waals surface area contributed by atoms with Gasteiger partial charge >= 0.3 is 5.97 Å². The smallest absolute Gasteiger partial charge is 0.354 e. The standard InChI is InChI=1S/C14H19N3O3/c1-16-7-6-10(8-16)9-17(2)13(18)11-4-3-5-12(15-11)14(19)20/h3-5,10H,6-9H2,1-2H3,(H,19,20). The largest absolute Gasteiger partial charge is 0.477 e. The van der Waals surface area contributed by atoms with Gasteiger partial charge in [-0.05, 0) is 38.1 Å². The quantitative estimate of drug-likeness (QED) is 0.881. The van der Waals surface area contributed by atoms with Gasteiger partial charge in [-0.2, -0.15) is 0 Å². The third-order valence-corrected chi connectivity index (χ3v) is 3.56. The van der Waals surface area contributed by atoms with Gasteiger partial charge < -0.3 is 14.9 Å². The van der Waals surface area contributed by atoms with E-state index in [0.717, 1.165) is 19.5 Å². The minimum absolute atomic E-state index is 0.107. The number of likely N-dealkylation sites (tertiary alicyclic amines) is 1. The number of aromatic carboxylic acids is 1. The molecule has 1 saturated heterocycles. The predicted octanol–water partition coefficient (Wildman–Crippen LogP) is 0.803. The van der Waals surface area contributed by atoms with Crippen molar-refractivity contribution in [2.45, 2.75) is 6.42 Å². The van der Waals surface area contributed by atoms with Crippen LogP contribution in [0, 0.1) is 5.92 Å². The van der Waals surface area contributed by atoms with Gasteiger partial charge in [-0.3, -0.25) is 4.79 Å². The van der Waals surface area contributed by atoms with Crippen molar-refractivity contribution in [1.29, 1.82) is 0 Å². The first-order valence-corrected chi connectivity index (χ1v) is 6.61. The highest BCUT2D eigenvalue weighted by Gasteiger charge is 2.23. The summed E-state index contributed by atoms with van der Waals surface area (Å²) in [5.74, 6) is -0.890.